The molecule has 0 spiro atoms. The summed E-state index contributed by atoms with van der Waals surface area (Å²) in [7, 11) is 0. The molecule has 0 aliphatic carbocycles. The lowest BCUT2D eigenvalue weighted by atomic mass is 10.1. The molecule has 0 aliphatic rings. The molecule has 0 aliphatic heterocycles. The number of hydrogen-bond acceptors (Lipinski definition) is 3. The van der Waals surface area contributed by atoms with Gasteiger partial charge in [0.05, 0.1) is 4.92 Å². The Morgan fingerprint density at radius 1 is 1.29 bits per heavy atom. The largest absolute Gasteiger partial charge is 0.381 e. The van der Waals surface area contributed by atoms with Crippen LogP contribution in [-0.2, 0) is 13.0 Å². The number of nitrogens with one attached hydrogen (secondary N) is 1. The molecule has 0 fully saturated rings. The minimum atomic E-state index is -0.787. The summed E-state index contributed by atoms with van der Waals surface area (Å²) < 4.78 is 15.0. The van der Waals surface area contributed by atoms with E-state index in [0.717, 1.165) is 28.2 Å². The van der Waals surface area contributed by atoms with Crippen molar-refractivity contribution in [1.29, 1.82) is 0 Å². The fraction of sp³-hybridized carbons (Fsp3) is 0.200. The highest BCUT2D eigenvalue weighted by Crippen LogP contribution is 2.24. The van der Waals surface area contributed by atoms with Crippen LogP contribution >= 0.6 is 15.9 Å². The topological polar surface area (TPSA) is 55.2 Å². The van der Waals surface area contributed by atoms with Gasteiger partial charge in [0.2, 0.25) is 5.82 Å². The fourth-order valence-corrected chi connectivity index (χ4v) is 2.47. The molecule has 2 aromatic carbocycles. The Morgan fingerprint density at radius 3 is 2.71 bits per heavy atom. The van der Waals surface area contributed by atoms with Gasteiger partial charge in [-0.15, -0.1) is 0 Å². The van der Waals surface area contributed by atoms with Gasteiger partial charge in [0.1, 0.15) is 0 Å². The number of halogens is 2. The summed E-state index contributed by atoms with van der Waals surface area (Å²) in [6, 6.07) is 9.98. The molecule has 0 unspecified atom stereocenters. The van der Waals surface area contributed by atoms with Gasteiger partial charge in [-0.05, 0) is 30.2 Å². The van der Waals surface area contributed by atoms with Gasteiger partial charge in [0, 0.05) is 28.3 Å². The zero-order valence-electron chi connectivity index (χ0n) is 11.4. The van der Waals surface area contributed by atoms with E-state index in [-0.39, 0.29) is 12.1 Å². The molecule has 110 valence electrons. The molecule has 4 nitrogen and oxygen atoms in total. The Bertz CT molecular complexity index is 677. The quantitative estimate of drug-likeness (QED) is 0.628. The maximum absolute atomic E-state index is 14.0. The van der Waals surface area contributed by atoms with E-state index in [1.54, 1.807) is 6.07 Å². The first-order valence-electron chi connectivity index (χ1n) is 6.47. The van der Waals surface area contributed by atoms with Gasteiger partial charge in [-0.1, -0.05) is 35.0 Å². The van der Waals surface area contributed by atoms with Crippen molar-refractivity contribution in [2.45, 2.75) is 19.9 Å². The number of nitro benzene ring substituents is 1. The first kappa shape index (κ1) is 15.4. The second kappa shape index (κ2) is 6.67. The third-order valence-corrected chi connectivity index (χ3v) is 3.67. The van der Waals surface area contributed by atoms with E-state index in [1.165, 1.54) is 6.07 Å². The molecule has 2 aromatic rings. The van der Waals surface area contributed by atoms with Crippen LogP contribution in [0.3, 0.4) is 0 Å². The standard InChI is InChI=1S/C15H14BrFN2O2/c1-2-10-8-12(16)6-7-13(10)18-9-11-4-3-5-14(15(11)17)19(20)21/h3-8,18H,2,9H2,1H3. The summed E-state index contributed by atoms with van der Waals surface area (Å²) in [4.78, 5) is 10.0. The van der Waals surface area contributed by atoms with Crippen LogP contribution in [0, 0.1) is 15.9 Å². The monoisotopic (exact) mass is 352 g/mol. The highest BCUT2D eigenvalue weighted by molar-refractivity contribution is 9.10. The zero-order chi connectivity index (χ0) is 15.4. The minimum absolute atomic E-state index is 0.197. The molecule has 0 atom stereocenters. The van der Waals surface area contributed by atoms with Gasteiger partial charge in [-0.25, -0.2) is 0 Å². The van der Waals surface area contributed by atoms with Crippen molar-refractivity contribution in [2.24, 2.45) is 0 Å². The molecular weight excluding hydrogens is 339 g/mol. The van der Waals surface area contributed by atoms with Crippen LogP contribution < -0.4 is 5.32 Å². The highest BCUT2D eigenvalue weighted by atomic mass is 79.9. The van der Waals surface area contributed by atoms with Crippen molar-refractivity contribution >= 4 is 27.3 Å². The van der Waals surface area contributed by atoms with Crippen molar-refractivity contribution in [1.82, 2.24) is 0 Å². The number of aryl methyl sites for hydroxylation is 1. The summed E-state index contributed by atoms with van der Waals surface area (Å²) in [6.07, 6.45) is 0.833. The molecule has 6 heteroatoms. The average Bonchev–Trinajstić information content (AvgIpc) is 2.46. The lowest BCUT2D eigenvalue weighted by Gasteiger charge is -2.12. The molecule has 21 heavy (non-hydrogen) atoms. The summed E-state index contributed by atoms with van der Waals surface area (Å²) >= 11 is 3.41. The molecule has 0 saturated heterocycles. The Morgan fingerprint density at radius 2 is 2.05 bits per heavy atom. The summed E-state index contributed by atoms with van der Waals surface area (Å²) in [5, 5.41) is 13.9. The van der Waals surface area contributed by atoms with Crippen molar-refractivity contribution < 1.29 is 9.31 Å². The molecule has 0 aromatic heterocycles. The van der Waals surface area contributed by atoms with Crippen molar-refractivity contribution in [2.75, 3.05) is 5.32 Å². The summed E-state index contributed by atoms with van der Waals surface area (Å²) in [6.45, 7) is 2.23. The molecule has 0 bridgehead atoms. The number of anilines is 1. The predicted molar refractivity (Wildman–Crippen MR) is 83.9 cm³/mol. The first-order chi connectivity index (χ1) is 10.0. The average molecular weight is 353 g/mol. The number of rotatable bonds is 5. The Balaban J connectivity index is 2.21. The van der Waals surface area contributed by atoms with Crippen LogP contribution in [-0.4, -0.2) is 4.92 Å². The van der Waals surface area contributed by atoms with E-state index in [9.17, 15) is 14.5 Å². The second-order valence-corrected chi connectivity index (χ2v) is 5.43. The minimum Gasteiger partial charge on any atom is -0.381 e. The third kappa shape index (κ3) is 3.58. The van der Waals surface area contributed by atoms with Gasteiger partial charge >= 0.3 is 5.69 Å². The van der Waals surface area contributed by atoms with E-state index < -0.39 is 16.4 Å². The van der Waals surface area contributed by atoms with Crippen LogP contribution in [0.4, 0.5) is 15.8 Å². The maximum Gasteiger partial charge on any atom is 0.305 e. The first-order valence-corrected chi connectivity index (χ1v) is 7.26. The molecule has 2 rings (SSSR count). The van der Waals surface area contributed by atoms with Crippen molar-refractivity contribution in [3.05, 3.63) is 67.9 Å². The normalized spacial score (nSPS) is 10.4. The van der Waals surface area contributed by atoms with E-state index in [0.29, 0.717) is 0 Å². The van der Waals surface area contributed by atoms with Gasteiger partial charge < -0.3 is 5.32 Å². The van der Waals surface area contributed by atoms with Crippen molar-refractivity contribution in [3.63, 3.8) is 0 Å². The van der Waals surface area contributed by atoms with Crippen LogP contribution in [0.15, 0.2) is 40.9 Å². The van der Waals surface area contributed by atoms with Gasteiger partial charge in [0.15, 0.2) is 0 Å². The van der Waals surface area contributed by atoms with Crippen LogP contribution in [0.1, 0.15) is 18.1 Å². The second-order valence-electron chi connectivity index (χ2n) is 4.52. The molecule has 1 N–H and O–H groups in total. The van der Waals surface area contributed by atoms with E-state index in [2.05, 4.69) is 21.2 Å². The third-order valence-electron chi connectivity index (χ3n) is 3.17. The molecule has 0 heterocycles. The van der Waals surface area contributed by atoms with E-state index in [4.69, 9.17) is 0 Å². The van der Waals surface area contributed by atoms with Gasteiger partial charge in [-0.3, -0.25) is 10.1 Å². The maximum atomic E-state index is 14.0. The van der Waals surface area contributed by atoms with E-state index in [1.807, 2.05) is 25.1 Å². The summed E-state index contributed by atoms with van der Waals surface area (Å²) in [5.74, 6) is -0.787. The lowest BCUT2D eigenvalue weighted by Crippen LogP contribution is -2.05. The Hall–Kier alpha value is -1.95. The molecule has 0 amide bonds. The van der Waals surface area contributed by atoms with Gasteiger partial charge in [0.25, 0.3) is 0 Å². The van der Waals surface area contributed by atoms with E-state index >= 15 is 0 Å². The zero-order valence-corrected chi connectivity index (χ0v) is 13.0. The number of nitrogens with zero attached hydrogens (tertiary/aromatic N) is 1. The summed E-state index contributed by atoms with van der Waals surface area (Å²) in [5.41, 5.74) is 1.76. The van der Waals surface area contributed by atoms with Crippen LogP contribution in [0.2, 0.25) is 0 Å². The molecular formula is C15H14BrFN2O2. The Kier molecular flexibility index (Phi) is 4.90. The lowest BCUT2D eigenvalue weighted by molar-refractivity contribution is -0.387. The number of hydrogen-bond donors (Lipinski definition) is 1. The number of nitro groups is 1. The smallest absolute Gasteiger partial charge is 0.305 e. The van der Waals surface area contributed by atoms with Crippen LogP contribution in [0.5, 0.6) is 0 Å². The highest BCUT2D eigenvalue weighted by Gasteiger charge is 2.17. The van der Waals surface area contributed by atoms with Gasteiger partial charge in [-0.2, -0.15) is 4.39 Å². The Labute approximate surface area is 130 Å². The predicted octanol–water partition coefficient (Wildman–Crippen LogP) is 4.67. The molecule has 0 radical (unpaired) electrons. The van der Waals surface area contributed by atoms with Crippen molar-refractivity contribution in [3.8, 4) is 0 Å². The van der Waals surface area contributed by atoms with Crippen LogP contribution in [0.25, 0.3) is 0 Å². The number of benzene rings is 2. The molecule has 0 saturated carbocycles. The fourth-order valence-electron chi connectivity index (χ4n) is 2.06. The SMILES string of the molecule is CCc1cc(Br)ccc1NCc1cccc([N+](=O)[O-])c1F.